The molecule has 24 heavy (non-hydrogen) atoms. The molecule has 0 saturated carbocycles. The highest BCUT2D eigenvalue weighted by Gasteiger charge is 2.58. The molecule has 1 aliphatic rings. The summed E-state index contributed by atoms with van der Waals surface area (Å²) in [4.78, 5) is 2.64. The summed E-state index contributed by atoms with van der Waals surface area (Å²) in [5.74, 6) is 0. The minimum Gasteiger partial charge on any atom is -0.366 e. The Hall–Kier alpha value is -1.02. The van der Waals surface area contributed by atoms with Crippen LogP contribution < -0.4 is 10.2 Å². The summed E-state index contributed by atoms with van der Waals surface area (Å²) in [5, 5.41) is 3.39. The molecule has 2 rings (SSSR count). The zero-order chi connectivity index (χ0) is 18.6. The van der Waals surface area contributed by atoms with E-state index in [1.54, 1.807) is 5.56 Å². The van der Waals surface area contributed by atoms with Crippen LogP contribution in [0.3, 0.4) is 0 Å². The van der Waals surface area contributed by atoms with Crippen molar-refractivity contribution in [2.24, 2.45) is 10.8 Å². The molecule has 1 N–H and O–H groups in total. The van der Waals surface area contributed by atoms with E-state index in [0.29, 0.717) is 0 Å². The average molecular weight is 331 g/mol. The lowest BCUT2D eigenvalue weighted by molar-refractivity contribution is 0.0627. The van der Waals surface area contributed by atoms with E-state index in [0.717, 1.165) is 13.1 Å². The van der Waals surface area contributed by atoms with Crippen molar-refractivity contribution in [3.63, 3.8) is 0 Å². The van der Waals surface area contributed by atoms with Crippen LogP contribution in [0.1, 0.15) is 73.4 Å². The Morgan fingerprint density at radius 3 is 1.92 bits per heavy atom. The van der Waals surface area contributed by atoms with E-state index in [1.807, 2.05) is 7.05 Å². The molecular formula is C22H38N2. The second-order valence-corrected chi connectivity index (χ2v) is 10.5. The van der Waals surface area contributed by atoms with Gasteiger partial charge < -0.3 is 10.2 Å². The number of hydrogen-bond donors (Lipinski definition) is 1. The third-order valence-corrected chi connectivity index (χ3v) is 5.98. The Bertz CT molecular complexity index is 580. The van der Waals surface area contributed by atoms with Gasteiger partial charge in [0, 0.05) is 29.7 Å². The van der Waals surface area contributed by atoms with Gasteiger partial charge in [-0.15, -0.1) is 0 Å². The van der Waals surface area contributed by atoms with Crippen LogP contribution in [0.15, 0.2) is 18.2 Å². The molecule has 0 radical (unpaired) electrons. The van der Waals surface area contributed by atoms with E-state index >= 15 is 0 Å². The molecule has 136 valence electrons. The summed E-state index contributed by atoms with van der Waals surface area (Å²) in [5.41, 5.74) is 5.01. The molecule has 2 heteroatoms. The molecular weight excluding hydrogens is 292 g/mol. The van der Waals surface area contributed by atoms with E-state index in [-0.39, 0.29) is 21.8 Å². The third-order valence-electron chi connectivity index (χ3n) is 5.98. The van der Waals surface area contributed by atoms with Crippen LogP contribution in [-0.2, 0) is 12.0 Å². The highest BCUT2D eigenvalue weighted by molar-refractivity contribution is 5.68. The molecule has 0 amide bonds. The largest absolute Gasteiger partial charge is 0.366 e. The first-order valence-electron chi connectivity index (χ1n) is 9.32. The number of benzene rings is 1. The highest BCUT2D eigenvalue weighted by atomic mass is 15.2. The molecule has 0 unspecified atom stereocenters. The summed E-state index contributed by atoms with van der Waals surface area (Å²) in [6, 6.07) is 6.87. The lowest BCUT2D eigenvalue weighted by atomic mass is 9.51. The summed E-state index contributed by atoms with van der Waals surface area (Å²) >= 11 is 0. The van der Waals surface area contributed by atoms with Gasteiger partial charge in [-0.25, -0.2) is 0 Å². The molecule has 1 heterocycles. The molecule has 0 aromatic heterocycles. The number of nitrogens with zero attached hydrogens (tertiary/aromatic N) is 1. The normalized spacial score (nSPS) is 18.0. The predicted molar refractivity (Wildman–Crippen MR) is 107 cm³/mol. The van der Waals surface area contributed by atoms with Crippen LogP contribution >= 0.6 is 0 Å². The number of anilines is 1. The van der Waals surface area contributed by atoms with Crippen molar-refractivity contribution in [1.29, 1.82) is 0 Å². The first-order chi connectivity index (χ1) is 10.8. The topological polar surface area (TPSA) is 15.3 Å². The smallest absolute Gasteiger partial charge is 0.0413 e. The Morgan fingerprint density at radius 2 is 1.50 bits per heavy atom. The maximum Gasteiger partial charge on any atom is 0.0413 e. The van der Waals surface area contributed by atoms with Gasteiger partial charge in [-0.3, -0.25) is 0 Å². The molecule has 0 saturated heterocycles. The maximum absolute atomic E-state index is 3.39. The van der Waals surface area contributed by atoms with E-state index < -0.39 is 0 Å². The Kier molecular flexibility index (Phi) is 4.63. The quantitative estimate of drug-likeness (QED) is 0.786. The van der Waals surface area contributed by atoms with E-state index in [9.17, 15) is 0 Å². The van der Waals surface area contributed by atoms with E-state index in [4.69, 9.17) is 0 Å². The molecule has 2 nitrogen and oxygen atoms in total. The SMILES string of the molecule is CNCc1cccc2c1C(C(C)(C)C)(C(C)(C)C)CN2C(C)(C)C. The van der Waals surface area contributed by atoms with Gasteiger partial charge in [0.1, 0.15) is 0 Å². The Balaban J connectivity index is 2.87. The number of rotatable bonds is 2. The Labute approximate surface area is 150 Å². The van der Waals surface area contributed by atoms with Crippen molar-refractivity contribution in [1.82, 2.24) is 5.32 Å². The van der Waals surface area contributed by atoms with E-state index in [1.165, 1.54) is 11.3 Å². The molecule has 0 spiro atoms. The Morgan fingerprint density at radius 1 is 0.958 bits per heavy atom. The van der Waals surface area contributed by atoms with Crippen molar-refractivity contribution >= 4 is 5.69 Å². The standard InChI is InChI=1S/C22H38N2/c1-19(2,3)22(20(4,5)6)15-24(21(7,8)9)17-13-11-12-16(14-23-10)18(17)22/h11-13,23H,14-15H2,1-10H3. The van der Waals surface area contributed by atoms with Gasteiger partial charge in [0.15, 0.2) is 0 Å². The van der Waals surface area contributed by atoms with Gasteiger partial charge in [-0.05, 0) is 55.8 Å². The number of nitrogens with one attached hydrogen (secondary N) is 1. The minimum absolute atomic E-state index is 0.107. The number of fused-ring (bicyclic) bond motifs is 1. The number of hydrogen-bond acceptors (Lipinski definition) is 2. The molecule has 1 aromatic rings. The van der Waals surface area contributed by atoms with Crippen molar-refractivity contribution in [3.05, 3.63) is 29.3 Å². The van der Waals surface area contributed by atoms with Crippen LogP contribution in [0.25, 0.3) is 0 Å². The first kappa shape index (κ1) is 19.3. The van der Waals surface area contributed by atoms with Gasteiger partial charge in [0.25, 0.3) is 0 Å². The molecule has 1 aliphatic heterocycles. The minimum atomic E-state index is 0.107. The van der Waals surface area contributed by atoms with Crippen molar-refractivity contribution < 1.29 is 0 Å². The van der Waals surface area contributed by atoms with Gasteiger partial charge in [-0.2, -0.15) is 0 Å². The molecule has 0 atom stereocenters. The summed E-state index contributed by atoms with van der Waals surface area (Å²) in [6.45, 7) is 23.5. The second kappa shape index (κ2) is 5.76. The van der Waals surface area contributed by atoms with Crippen LogP contribution in [0.4, 0.5) is 5.69 Å². The summed E-state index contributed by atoms with van der Waals surface area (Å²) < 4.78 is 0. The predicted octanol–water partition coefficient (Wildman–Crippen LogP) is 5.35. The van der Waals surface area contributed by atoms with Crippen LogP contribution in [0, 0.1) is 10.8 Å². The van der Waals surface area contributed by atoms with Gasteiger partial charge in [0.2, 0.25) is 0 Å². The van der Waals surface area contributed by atoms with Crippen molar-refractivity contribution in [3.8, 4) is 0 Å². The van der Waals surface area contributed by atoms with Gasteiger partial charge in [0.05, 0.1) is 0 Å². The summed E-state index contributed by atoms with van der Waals surface area (Å²) in [6.07, 6.45) is 0. The van der Waals surface area contributed by atoms with Crippen LogP contribution in [0.2, 0.25) is 0 Å². The summed E-state index contributed by atoms with van der Waals surface area (Å²) in [7, 11) is 2.05. The molecule has 0 aliphatic carbocycles. The third kappa shape index (κ3) is 2.77. The fraction of sp³-hybridized carbons (Fsp3) is 0.727. The highest BCUT2D eigenvalue weighted by Crippen LogP contribution is 2.61. The van der Waals surface area contributed by atoms with E-state index in [2.05, 4.69) is 90.7 Å². The first-order valence-corrected chi connectivity index (χ1v) is 9.32. The van der Waals surface area contributed by atoms with Gasteiger partial charge in [-0.1, -0.05) is 53.7 Å². The molecule has 1 aromatic carbocycles. The van der Waals surface area contributed by atoms with Gasteiger partial charge >= 0.3 is 0 Å². The molecule has 0 bridgehead atoms. The molecule has 0 fully saturated rings. The average Bonchev–Trinajstić information content (AvgIpc) is 2.75. The monoisotopic (exact) mass is 330 g/mol. The zero-order valence-electron chi connectivity index (χ0n) is 17.6. The lowest BCUT2D eigenvalue weighted by Crippen LogP contribution is -2.55. The fourth-order valence-electron chi connectivity index (χ4n) is 4.99. The van der Waals surface area contributed by atoms with Crippen molar-refractivity contribution in [2.75, 3.05) is 18.5 Å². The lowest BCUT2D eigenvalue weighted by Gasteiger charge is -2.53. The fourth-order valence-corrected chi connectivity index (χ4v) is 4.99. The van der Waals surface area contributed by atoms with Crippen LogP contribution in [0.5, 0.6) is 0 Å². The van der Waals surface area contributed by atoms with Crippen LogP contribution in [-0.4, -0.2) is 19.1 Å². The maximum atomic E-state index is 3.39. The zero-order valence-corrected chi connectivity index (χ0v) is 17.6. The second-order valence-electron chi connectivity index (χ2n) is 10.5. The van der Waals surface area contributed by atoms with Crippen molar-refractivity contribution in [2.45, 2.75) is 79.8 Å².